The maximum absolute atomic E-state index is 12.1. The quantitative estimate of drug-likeness (QED) is 0.717. The molecule has 5 nitrogen and oxygen atoms in total. The number of rotatable bonds is 6. The number of carbonyl (C=O) groups is 1. The molecular formula is C19H19N3O2. The Labute approximate surface area is 140 Å². The summed E-state index contributed by atoms with van der Waals surface area (Å²) < 4.78 is 5.45. The van der Waals surface area contributed by atoms with E-state index in [2.05, 4.69) is 15.6 Å². The van der Waals surface area contributed by atoms with Gasteiger partial charge in [-0.1, -0.05) is 13.0 Å². The summed E-state index contributed by atoms with van der Waals surface area (Å²) >= 11 is 0. The summed E-state index contributed by atoms with van der Waals surface area (Å²) in [5.74, 6) is 0.877. The third-order valence-electron chi connectivity index (χ3n) is 3.58. The average molecular weight is 321 g/mol. The largest absolute Gasteiger partial charge is 0.456 e. The van der Waals surface area contributed by atoms with Crippen LogP contribution in [0.15, 0.2) is 65.2 Å². The third-order valence-corrected chi connectivity index (χ3v) is 3.58. The van der Waals surface area contributed by atoms with Crippen LogP contribution in [0.1, 0.15) is 28.9 Å². The van der Waals surface area contributed by atoms with Crippen molar-refractivity contribution in [3.05, 3.63) is 78.0 Å². The normalized spacial score (nSPS) is 10.4. The van der Waals surface area contributed by atoms with Gasteiger partial charge in [0.2, 0.25) is 0 Å². The smallest absolute Gasteiger partial charge is 0.291 e. The van der Waals surface area contributed by atoms with Crippen LogP contribution in [0.4, 0.5) is 11.4 Å². The lowest BCUT2D eigenvalue weighted by atomic mass is 10.2. The highest BCUT2D eigenvalue weighted by molar-refractivity contribution is 6.02. The number of furan rings is 1. The number of hydrogen-bond donors (Lipinski definition) is 2. The summed E-state index contributed by atoms with van der Waals surface area (Å²) in [6, 6.07) is 16.9. The van der Waals surface area contributed by atoms with Crippen molar-refractivity contribution in [2.45, 2.75) is 19.9 Å². The summed E-state index contributed by atoms with van der Waals surface area (Å²) in [7, 11) is 0. The molecule has 0 radical (unpaired) electrons. The van der Waals surface area contributed by atoms with Crippen LogP contribution in [0, 0.1) is 0 Å². The Morgan fingerprint density at radius 1 is 1.04 bits per heavy atom. The Balaban J connectivity index is 1.57. The number of nitrogens with one attached hydrogen (secondary N) is 2. The zero-order valence-electron chi connectivity index (χ0n) is 13.5. The van der Waals surface area contributed by atoms with Crippen LogP contribution in [0.25, 0.3) is 0 Å². The number of pyridine rings is 1. The lowest BCUT2D eigenvalue weighted by molar-refractivity contribution is 0.0995. The number of aromatic nitrogens is 1. The number of benzene rings is 1. The third kappa shape index (κ3) is 4.01. The van der Waals surface area contributed by atoms with Crippen molar-refractivity contribution in [2.24, 2.45) is 0 Å². The van der Waals surface area contributed by atoms with Gasteiger partial charge in [0.15, 0.2) is 5.76 Å². The molecule has 0 spiro atoms. The highest BCUT2D eigenvalue weighted by Crippen LogP contribution is 2.16. The summed E-state index contributed by atoms with van der Waals surface area (Å²) in [5.41, 5.74) is 2.65. The van der Waals surface area contributed by atoms with E-state index in [0.717, 1.165) is 29.2 Å². The minimum absolute atomic E-state index is 0.246. The van der Waals surface area contributed by atoms with Gasteiger partial charge in [0, 0.05) is 24.0 Å². The van der Waals surface area contributed by atoms with Gasteiger partial charge < -0.3 is 15.1 Å². The van der Waals surface area contributed by atoms with Crippen molar-refractivity contribution in [1.82, 2.24) is 4.98 Å². The first kappa shape index (κ1) is 15.8. The van der Waals surface area contributed by atoms with Gasteiger partial charge in [-0.25, -0.2) is 0 Å². The molecular weight excluding hydrogens is 302 g/mol. The molecule has 1 aromatic carbocycles. The van der Waals surface area contributed by atoms with Crippen molar-refractivity contribution in [1.29, 1.82) is 0 Å². The molecule has 0 bridgehead atoms. The van der Waals surface area contributed by atoms with E-state index in [1.165, 1.54) is 0 Å². The Kier molecular flexibility index (Phi) is 4.91. The van der Waals surface area contributed by atoms with Gasteiger partial charge in [0.25, 0.3) is 5.91 Å². The number of hydrogen-bond acceptors (Lipinski definition) is 4. The molecule has 0 aliphatic carbocycles. The first-order chi connectivity index (χ1) is 11.7. The topological polar surface area (TPSA) is 67.2 Å². The van der Waals surface area contributed by atoms with Gasteiger partial charge in [0.1, 0.15) is 5.76 Å². The Hall–Kier alpha value is -3.08. The summed E-state index contributed by atoms with van der Waals surface area (Å²) in [5, 5.41) is 6.11. The Morgan fingerprint density at radius 2 is 1.83 bits per heavy atom. The van der Waals surface area contributed by atoms with Crippen LogP contribution in [-0.2, 0) is 13.0 Å². The van der Waals surface area contributed by atoms with Gasteiger partial charge in [-0.2, -0.15) is 0 Å². The molecule has 3 aromatic rings. The zero-order chi connectivity index (χ0) is 16.8. The molecule has 2 aromatic heterocycles. The zero-order valence-corrected chi connectivity index (χ0v) is 13.5. The standard InChI is InChI=1S/C19H19N3O2/c1-2-17-10-11-18(24-17)19(23)22-15-8-6-14(7-9-15)21-13-16-5-3-4-12-20-16/h3-12,21H,2,13H2,1H3,(H,22,23). The fourth-order valence-electron chi connectivity index (χ4n) is 2.25. The molecule has 0 unspecified atom stereocenters. The molecule has 0 atom stereocenters. The molecule has 0 fully saturated rings. The first-order valence-corrected chi connectivity index (χ1v) is 7.88. The molecule has 0 aliphatic heterocycles. The second-order valence-corrected chi connectivity index (χ2v) is 5.33. The summed E-state index contributed by atoms with van der Waals surface area (Å²) in [6.07, 6.45) is 2.54. The predicted octanol–water partition coefficient (Wildman–Crippen LogP) is 4.10. The Bertz CT molecular complexity index is 795. The molecule has 3 rings (SSSR count). The monoisotopic (exact) mass is 321 g/mol. The fourth-order valence-corrected chi connectivity index (χ4v) is 2.25. The number of anilines is 2. The van der Waals surface area contributed by atoms with Gasteiger partial charge in [0.05, 0.1) is 12.2 Å². The van der Waals surface area contributed by atoms with Gasteiger partial charge in [-0.05, 0) is 48.5 Å². The van der Waals surface area contributed by atoms with Gasteiger partial charge in [-0.15, -0.1) is 0 Å². The molecule has 2 heterocycles. The van der Waals surface area contributed by atoms with E-state index in [1.807, 2.05) is 55.5 Å². The SMILES string of the molecule is CCc1ccc(C(=O)Nc2ccc(NCc3ccccn3)cc2)o1. The van der Waals surface area contributed by atoms with E-state index in [9.17, 15) is 4.79 Å². The highest BCUT2D eigenvalue weighted by Gasteiger charge is 2.10. The van der Waals surface area contributed by atoms with Crippen molar-refractivity contribution >= 4 is 17.3 Å². The van der Waals surface area contributed by atoms with E-state index in [0.29, 0.717) is 12.3 Å². The molecule has 24 heavy (non-hydrogen) atoms. The number of nitrogens with zero attached hydrogens (tertiary/aromatic N) is 1. The summed E-state index contributed by atoms with van der Waals surface area (Å²) in [6.45, 7) is 2.63. The molecule has 2 N–H and O–H groups in total. The van der Waals surface area contributed by atoms with Crippen LogP contribution < -0.4 is 10.6 Å². The lowest BCUT2D eigenvalue weighted by Crippen LogP contribution is -2.10. The minimum Gasteiger partial charge on any atom is -0.456 e. The van der Waals surface area contributed by atoms with Crippen LogP contribution >= 0.6 is 0 Å². The van der Waals surface area contributed by atoms with Crippen LogP contribution in [0.5, 0.6) is 0 Å². The van der Waals surface area contributed by atoms with E-state index in [1.54, 1.807) is 12.3 Å². The second kappa shape index (κ2) is 7.46. The molecule has 0 aliphatic rings. The minimum atomic E-state index is -0.246. The molecule has 5 heteroatoms. The molecule has 0 saturated carbocycles. The molecule has 1 amide bonds. The lowest BCUT2D eigenvalue weighted by Gasteiger charge is -2.08. The second-order valence-electron chi connectivity index (χ2n) is 5.33. The van der Waals surface area contributed by atoms with Crippen molar-refractivity contribution in [2.75, 3.05) is 10.6 Å². The number of carbonyl (C=O) groups excluding carboxylic acids is 1. The van der Waals surface area contributed by atoms with E-state index in [-0.39, 0.29) is 5.91 Å². The predicted molar refractivity (Wildman–Crippen MR) is 94.0 cm³/mol. The molecule has 122 valence electrons. The van der Waals surface area contributed by atoms with E-state index < -0.39 is 0 Å². The van der Waals surface area contributed by atoms with Crippen molar-refractivity contribution < 1.29 is 9.21 Å². The highest BCUT2D eigenvalue weighted by atomic mass is 16.3. The van der Waals surface area contributed by atoms with Crippen LogP contribution in [0.3, 0.4) is 0 Å². The van der Waals surface area contributed by atoms with Crippen molar-refractivity contribution in [3.63, 3.8) is 0 Å². The maximum Gasteiger partial charge on any atom is 0.291 e. The first-order valence-electron chi connectivity index (χ1n) is 7.88. The van der Waals surface area contributed by atoms with E-state index in [4.69, 9.17) is 4.42 Å². The maximum atomic E-state index is 12.1. The van der Waals surface area contributed by atoms with Gasteiger partial charge in [-0.3, -0.25) is 9.78 Å². The summed E-state index contributed by atoms with van der Waals surface area (Å²) in [4.78, 5) is 16.4. The van der Waals surface area contributed by atoms with Crippen LogP contribution in [-0.4, -0.2) is 10.9 Å². The fraction of sp³-hybridized carbons (Fsp3) is 0.158. The number of aryl methyl sites for hydroxylation is 1. The molecule has 0 saturated heterocycles. The van der Waals surface area contributed by atoms with Gasteiger partial charge >= 0.3 is 0 Å². The van der Waals surface area contributed by atoms with E-state index >= 15 is 0 Å². The van der Waals surface area contributed by atoms with Crippen molar-refractivity contribution in [3.8, 4) is 0 Å². The number of amides is 1. The average Bonchev–Trinajstić information content (AvgIpc) is 3.11. The van der Waals surface area contributed by atoms with Crippen LogP contribution in [0.2, 0.25) is 0 Å². The Morgan fingerprint density at radius 3 is 2.50 bits per heavy atom.